The summed E-state index contributed by atoms with van der Waals surface area (Å²) < 4.78 is 11.0. The van der Waals surface area contributed by atoms with Gasteiger partial charge in [0.2, 0.25) is 0 Å². The molecule has 4 heteroatoms. The third kappa shape index (κ3) is 4.04. The van der Waals surface area contributed by atoms with Gasteiger partial charge in [0, 0.05) is 5.41 Å². The van der Waals surface area contributed by atoms with E-state index in [4.69, 9.17) is 9.47 Å². The van der Waals surface area contributed by atoms with Crippen LogP contribution in [0.2, 0.25) is 0 Å². The topological polar surface area (TPSA) is 52.6 Å². The maximum atomic E-state index is 12.6. The Hall–Kier alpha value is -1.84. The van der Waals surface area contributed by atoms with Crippen molar-refractivity contribution >= 4 is 11.9 Å². The summed E-state index contributed by atoms with van der Waals surface area (Å²) in [6.45, 7) is 2.99. The van der Waals surface area contributed by atoms with Gasteiger partial charge in [-0.1, -0.05) is 19.4 Å². The second-order valence-corrected chi connectivity index (χ2v) is 9.06. The number of benzene rings is 1. The van der Waals surface area contributed by atoms with E-state index in [1.165, 1.54) is 38.5 Å². The van der Waals surface area contributed by atoms with E-state index in [1.54, 1.807) is 24.3 Å². The highest BCUT2D eigenvalue weighted by Crippen LogP contribution is 2.60. The number of carbonyl (C=O) groups is 2. The summed E-state index contributed by atoms with van der Waals surface area (Å²) in [5.74, 6) is 1.83. The van der Waals surface area contributed by atoms with Crippen LogP contribution in [0.3, 0.4) is 0 Å². The maximum absolute atomic E-state index is 12.6. The van der Waals surface area contributed by atoms with Gasteiger partial charge in [0.1, 0.15) is 0 Å². The summed E-state index contributed by atoms with van der Waals surface area (Å²) in [5, 5.41) is 0. The highest BCUT2D eigenvalue weighted by molar-refractivity contribution is 5.95. The largest absolute Gasteiger partial charge is 0.462 e. The number of unbranched alkanes of at least 4 members (excludes halogenated alkanes) is 1. The van der Waals surface area contributed by atoms with Crippen molar-refractivity contribution in [2.45, 2.75) is 58.3 Å². The molecule has 0 amide bonds. The smallest absolute Gasteiger partial charge is 0.338 e. The summed E-state index contributed by atoms with van der Waals surface area (Å²) in [6, 6.07) is 6.71. The average Bonchev–Trinajstić information content (AvgIpc) is 2.65. The van der Waals surface area contributed by atoms with Crippen molar-refractivity contribution in [3.05, 3.63) is 35.4 Å². The third-order valence-electron chi connectivity index (χ3n) is 6.74. The van der Waals surface area contributed by atoms with E-state index in [0.717, 1.165) is 30.6 Å². The van der Waals surface area contributed by atoms with Crippen LogP contribution in [-0.4, -0.2) is 25.2 Å². The average molecular weight is 370 g/mol. The zero-order chi connectivity index (χ0) is 18.9. The molecule has 1 aromatic carbocycles. The minimum atomic E-state index is -0.376. The Labute approximate surface area is 161 Å². The van der Waals surface area contributed by atoms with Gasteiger partial charge >= 0.3 is 11.9 Å². The van der Waals surface area contributed by atoms with E-state index in [9.17, 15) is 9.59 Å². The molecule has 0 saturated heterocycles. The molecule has 4 bridgehead atoms. The number of hydrogen-bond acceptors (Lipinski definition) is 4. The first-order chi connectivity index (χ1) is 13.1. The fourth-order valence-electron chi connectivity index (χ4n) is 5.93. The van der Waals surface area contributed by atoms with Crippen LogP contribution >= 0.6 is 0 Å². The Morgan fingerprint density at radius 2 is 1.52 bits per heavy atom. The lowest BCUT2D eigenvalue weighted by molar-refractivity contribution is -0.0848. The quantitative estimate of drug-likeness (QED) is 0.500. The monoisotopic (exact) mass is 370 g/mol. The molecule has 0 aromatic heterocycles. The molecule has 5 rings (SSSR count). The van der Waals surface area contributed by atoms with Gasteiger partial charge in [-0.3, -0.25) is 0 Å². The molecule has 27 heavy (non-hydrogen) atoms. The van der Waals surface area contributed by atoms with Crippen molar-refractivity contribution in [3.63, 3.8) is 0 Å². The zero-order valence-corrected chi connectivity index (χ0v) is 16.2. The molecule has 0 atom stereocenters. The molecule has 0 spiro atoms. The number of ether oxygens (including phenoxy) is 2. The van der Waals surface area contributed by atoms with Crippen LogP contribution in [0.1, 0.15) is 79.0 Å². The highest BCUT2D eigenvalue weighted by atomic mass is 16.5. The minimum Gasteiger partial charge on any atom is -0.462 e. The maximum Gasteiger partial charge on any atom is 0.338 e. The zero-order valence-electron chi connectivity index (χ0n) is 16.2. The number of carbonyl (C=O) groups excluding carboxylic acids is 2. The lowest BCUT2D eigenvalue weighted by Crippen LogP contribution is -2.48. The second kappa shape index (κ2) is 7.65. The number of esters is 2. The van der Waals surface area contributed by atoms with Crippen LogP contribution in [0, 0.1) is 23.2 Å². The van der Waals surface area contributed by atoms with Gasteiger partial charge in [0.25, 0.3) is 0 Å². The Bertz CT molecular complexity index is 673. The number of hydrogen-bond donors (Lipinski definition) is 0. The third-order valence-corrected chi connectivity index (χ3v) is 6.74. The van der Waals surface area contributed by atoms with Gasteiger partial charge in [-0.2, -0.15) is 0 Å². The molecule has 4 aliphatic carbocycles. The first-order valence-corrected chi connectivity index (χ1v) is 10.5. The van der Waals surface area contributed by atoms with Crippen LogP contribution in [-0.2, 0) is 9.47 Å². The van der Waals surface area contributed by atoms with Crippen molar-refractivity contribution in [3.8, 4) is 0 Å². The molecule has 0 N–H and O–H groups in total. The molecule has 0 radical (unpaired) electrons. The summed E-state index contributed by atoms with van der Waals surface area (Å²) in [5.41, 5.74) is 1.06. The molecule has 4 nitrogen and oxygen atoms in total. The lowest BCUT2D eigenvalue weighted by atomic mass is 9.50. The first kappa shape index (κ1) is 18.5. The standard InChI is InChI=1S/C23H30O4/c1-2-3-7-26-21(24)19-5-4-6-20(11-19)22(25)27-15-23-12-16-8-17(13-23)10-18(9-16)14-23/h4-6,11,16-18H,2-3,7-10,12-15H2,1H3. The van der Waals surface area contributed by atoms with Crippen molar-refractivity contribution < 1.29 is 19.1 Å². The van der Waals surface area contributed by atoms with Crippen LogP contribution < -0.4 is 0 Å². The van der Waals surface area contributed by atoms with Crippen LogP contribution in [0.5, 0.6) is 0 Å². The normalized spacial score (nSPS) is 30.9. The molecule has 0 heterocycles. The van der Waals surface area contributed by atoms with Crippen molar-refractivity contribution in [2.75, 3.05) is 13.2 Å². The van der Waals surface area contributed by atoms with Crippen LogP contribution in [0.4, 0.5) is 0 Å². The van der Waals surface area contributed by atoms with E-state index >= 15 is 0 Å². The molecule has 4 aliphatic rings. The van der Waals surface area contributed by atoms with Gasteiger partial charge < -0.3 is 9.47 Å². The summed E-state index contributed by atoms with van der Waals surface area (Å²) in [6.07, 6.45) is 9.63. The van der Waals surface area contributed by atoms with Crippen molar-refractivity contribution in [1.82, 2.24) is 0 Å². The lowest BCUT2D eigenvalue weighted by Gasteiger charge is -2.56. The van der Waals surface area contributed by atoms with Gasteiger partial charge in [0.05, 0.1) is 24.3 Å². The van der Waals surface area contributed by atoms with Crippen LogP contribution in [0.25, 0.3) is 0 Å². The van der Waals surface area contributed by atoms with Crippen molar-refractivity contribution in [2.24, 2.45) is 23.2 Å². The molecular formula is C23H30O4. The fourth-order valence-corrected chi connectivity index (χ4v) is 5.93. The van der Waals surface area contributed by atoms with E-state index in [-0.39, 0.29) is 17.4 Å². The Balaban J connectivity index is 1.36. The van der Waals surface area contributed by atoms with E-state index < -0.39 is 0 Å². The Morgan fingerprint density at radius 1 is 0.963 bits per heavy atom. The predicted octanol–water partition coefficient (Wildman–Crippen LogP) is 5.02. The molecular weight excluding hydrogens is 340 g/mol. The van der Waals surface area contributed by atoms with E-state index in [2.05, 4.69) is 0 Å². The summed E-state index contributed by atoms with van der Waals surface area (Å²) in [4.78, 5) is 24.7. The van der Waals surface area contributed by atoms with Gasteiger partial charge in [-0.05, 0) is 80.9 Å². The molecule has 4 saturated carbocycles. The minimum absolute atomic E-state index is 0.209. The molecule has 0 unspecified atom stereocenters. The van der Waals surface area contributed by atoms with Gasteiger partial charge in [-0.15, -0.1) is 0 Å². The Morgan fingerprint density at radius 3 is 2.07 bits per heavy atom. The van der Waals surface area contributed by atoms with Gasteiger partial charge in [-0.25, -0.2) is 9.59 Å². The van der Waals surface area contributed by atoms with Gasteiger partial charge in [0.15, 0.2) is 0 Å². The Kier molecular flexibility index (Phi) is 5.25. The SMILES string of the molecule is CCCCOC(=O)c1cccc(C(=O)OCC23CC4CC(CC(C4)C2)C3)c1. The second-order valence-electron chi connectivity index (χ2n) is 9.06. The highest BCUT2D eigenvalue weighted by Gasteiger charge is 2.51. The molecule has 0 aliphatic heterocycles. The van der Waals surface area contributed by atoms with E-state index in [1.807, 2.05) is 6.92 Å². The molecule has 1 aromatic rings. The van der Waals surface area contributed by atoms with Crippen LogP contribution in [0.15, 0.2) is 24.3 Å². The molecule has 4 fully saturated rings. The fraction of sp³-hybridized carbons (Fsp3) is 0.652. The first-order valence-electron chi connectivity index (χ1n) is 10.5. The van der Waals surface area contributed by atoms with E-state index in [0.29, 0.717) is 24.3 Å². The molecule has 146 valence electrons. The van der Waals surface area contributed by atoms with Crippen molar-refractivity contribution in [1.29, 1.82) is 0 Å². The predicted molar refractivity (Wildman–Crippen MR) is 103 cm³/mol. The number of rotatable bonds is 7. The summed E-state index contributed by atoms with van der Waals surface area (Å²) >= 11 is 0. The summed E-state index contributed by atoms with van der Waals surface area (Å²) in [7, 11) is 0.